The van der Waals surface area contributed by atoms with E-state index < -0.39 is 11.9 Å². The summed E-state index contributed by atoms with van der Waals surface area (Å²) in [4.78, 5) is 22.1. The maximum absolute atomic E-state index is 11.4. The van der Waals surface area contributed by atoms with E-state index in [-0.39, 0.29) is 0 Å². The molecule has 5 heteroatoms. The molecule has 0 heterocycles. The largest absolute Gasteiger partial charge is 0.462 e. The number of esters is 2. The van der Waals surface area contributed by atoms with Crippen LogP contribution in [-0.4, -0.2) is 18.5 Å². The Kier molecular flexibility index (Phi) is 4.49. The Bertz CT molecular complexity index is 414. The smallest absolute Gasteiger partial charge is 0.338 e. The Hall–Kier alpha value is -1.36. The maximum Gasteiger partial charge on any atom is 0.338 e. The van der Waals surface area contributed by atoms with Gasteiger partial charge in [0.05, 0.1) is 16.6 Å². The van der Waals surface area contributed by atoms with Crippen LogP contribution in [0.2, 0.25) is 0 Å². The van der Waals surface area contributed by atoms with Gasteiger partial charge in [0.25, 0.3) is 0 Å². The molecule has 0 saturated heterocycles. The highest BCUT2D eigenvalue weighted by atomic mass is 79.9. The first-order valence-electron chi connectivity index (χ1n) is 4.69. The third kappa shape index (κ3) is 3.34. The van der Waals surface area contributed by atoms with Crippen molar-refractivity contribution in [3.8, 4) is 5.75 Å². The zero-order chi connectivity index (χ0) is 12.1. The second kappa shape index (κ2) is 5.65. The lowest BCUT2D eigenvalue weighted by molar-refractivity contribution is -0.131. The van der Waals surface area contributed by atoms with Crippen LogP contribution >= 0.6 is 15.9 Å². The summed E-state index contributed by atoms with van der Waals surface area (Å²) >= 11 is 3.21. The van der Waals surface area contributed by atoms with E-state index >= 15 is 0 Å². The summed E-state index contributed by atoms with van der Waals surface area (Å²) < 4.78 is 10.3. The summed E-state index contributed by atoms with van der Waals surface area (Å²) in [7, 11) is 0. The summed E-state index contributed by atoms with van der Waals surface area (Å²) in [5.74, 6) is -0.442. The Morgan fingerprint density at radius 3 is 2.56 bits per heavy atom. The molecule has 4 nitrogen and oxygen atoms in total. The molecule has 0 atom stereocenters. The van der Waals surface area contributed by atoms with Gasteiger partial charge in [0, 0.05) is 6.92 Å². The number of carbonyl (C=O) groups is 2. The molecule has 0 saturated carbocycles. The minimum absolute atomic E-state index is 0.322. The van der Waals surface area contributed by atoms with Gasteiger partial charge >= 0.3 is 11.9 Å². The third-order valence-corrected chi connectivity index (χ3v) is 2.32. The molecule has 0 spiro atoms. The van der Waals surface area contributed by atoms with E-state index in [1.807, 2.05) is 0 Å². The molecule has 86 valence electrons. The van der Waals surface area contributed by atoms with Crippen LogP contribution in [0.15, 0.2) is 22.7 Å². The highest BCUT2D eigenvalue weighted by Crippen LogP contribution is 2.26. The van der Waals surface area contributed by atoms with Gasteiger partial charge in [-0.05, 0) is 41.1 Å². The van der Waals surface area contributed by atoms with Crippen molar-refractivity contribution in [3.05, 3.63) is 28.2 Å². The first-order chi connectivity index (χ1) is 7.54. The molecule has 0 aliphatic heterocycles. The Morgan fingerprint density at radius 2 is 2.06 bits per heavy atom. The van der Waals surface area contributed by atoms with Crippen molar-refractivity contribution in [1.29, 1.82) is 0 Å². The van der Waals surface area contributed by atoms with Crippen molar-refractivity contribution < 1.29 is 19.1 Å². The van der Waals surface area contributed by atoms with Crippen LogP contribution in [-0.2, 0) is 9.53 Å². The van der Waals surface area contributed by atoms with Crippen LogP contribution in [0.4, 0.5) is 0 Å². The average molecular weight is 287 g/mol. The molecular weight excluding hydrogens is 276 g/mol. The maximum atomic E-state index is 11.4. The predicted octanol–water partition coefficient (Wildman–Crippen LogP) is 2.55. The van der Waals surface area contributed by atoms with Crippen molar-refractivity contribution in [2.45, 2.75) is 13.8 Å². The van der Waals surface area contributed by atoms with Crippen LogP contribution < -0.4 is 4.74 Å². The van der Waals surface area contributed by atoms with E-state index in [4.69, 9.17) is 9.47 Å². The molecule has 1 rings (SSSR count). The summed E-state index contributed by atoms with van der Waals surface area (Å²) in [5.41, 5.74) is 0.407. The van der Waals surface area contributed by atoms with Crippen molar-refractivity contribution in [1.82, 2.24) is 0 Å². The number of halogens is 1. The van der Waals surface area contributed by atoms with Gasteiger partial charge in [-0.1, -0.05) is 0 Å². The molecule has 1 aromatic rings. The number of ether oxygens (including phenoxy) is 2. The fourth-order valence-electron chi connectivity index (χ4n) is 1.08. The minimum atomic E-state index is -0.412. The standard InChI is InChI=1S/C11H11BrO4/c1-3-15-11(14)8-4-5-10(9(12)6-8)16-7(2)13/h4-6H,3H2,1-2H3. The topological polar surface area (TPSA) is 52.6 Å². The van der Waals surface area contributed by atoms with Crippen LogP contribution in [0.5, 0.6) is 5.75 Å². The molecule has 0 amide bonds. The molecule has 0 unspecified atom stereocenters. The summed E-state index contributed by atoms with van der Waals surface area (Å²) in [6, 6.07) is 4.63. The molecule has 16 heavy (non-hydrogen) atoms. The van der Waals surface area contributed by atoms with Gasteiger partial charge in [-0.2, -0.15) is 0 Å². The average Bonchev–Trinajstić information content (AvgIpc) is 2.20. The zero-order valence-corrected chi connectivity index (χ0v) is 10.5. The fourth-order valence-corrected chi connectivity index (χ4v) is 1.54. The fraction of sp³-hybridized carbons (Fsp3) is 0.273. The van der Waals surface area contributed by atoms with Gasteiger partial charge in [0.2, 0.25) is 0 Å². The lowest BCUT2D eigenvalue weighted by Crippen LogP contribution is -2.06. The Balaban J connectivity index is 2.90. The molecule has 0 radical (unpaired) electrons. The second-order valence-electron chi connectivity index (χ2n) is 2.96. The third-order valence-electron chi connectivity index (χ3n) is 1.70. The molecule has 0 aliphatic rings. The van der Waals surface area contributed by atoms with Gasteiger partial charge in [-0.3, -0.25) is 4.79 Å². The van der Waals surface area contributed by atoms with Crippen molar-refractivity contribution in [2.24, 2.45) is 0 Å². The SMILES string of the molecule is CCOC(=O)c1ccc(OC(C)=O)c(Br)c1. The van der Waals surface area contributed by atoms with E-state index in [0.29, 0.717) is 22.4 Å². The summed E-state index contributed by atoms with van der Waals surface area (Å²) in [6.07, 6.45) is 0. The Morgan fingerprint density at radius 1 is 1.38 bits per heavy atom. The lowest BCUT2D eigenvalue weighted by Gasteiger charge is -2.06. The number of rotatable bonds is 3. The van der Waals surface area contributed by atoms with Crippen molar-refractivity contribution >= 4 is 27.9 Å². The zero-order valence-electron chi connectivity index (χ0n) is 8.95. The first kappa shape index (κ1) is 12.7. The van der Waals surface area contributed by atoms with E-state index in [9.17, 15) is 9.59 Å². The number of hydrogen-bond donors (Lipinski definition) is 0. The van der Waals surface area contributed by atoms with E-state index in [2.05, 4.69) is 15.9 Å². The summed E-state index contributed by atoms with van der Waals surface area (Å²) in [5, 5.41) is 0. The first-order valence-corrected chi connectivity index (χ1v) is 5.49. The Labute approximate surface area is 102 Å². The molecule has 0 aliphatic carbocycles. The quantitative estimate of drug-likeness (QED) is 0.633. The second-order valence-corrected chi connectivity index (χ2v) is 3.81. The molecule has 0 aromatic heterocycles. The monoisotopic (exact) mass is 286 g/mol. The van der Waals surface area contributed by atoms with E-state index in [1.54, 1.807) is 19.1 Å². The van der Waals surface area contributed by atoms with E-state index in [0.717, 1.165) is 0 Å². The number of benzene rings is 1. The molecule has 0 fully saturated rings. The predicted molar refractivity (Wildman–Crippen MR) is 61.4 cm³/mol. The van der Waals surface area contributed by atoms with Gasteiger partial charge < -0.3 is 9.47 Å². The van der Waals surface area contributed by atoms with Crippen molar-refractivity contribution in [2.75, 3.05) is 6.61 Å². The van der Waals surface area contributed by atoms with Crippen LogP contribution in [0.3, 0.4) is 0 Å². The lowest BCUT2D eigenvalue weighted by atomic mass is 10.2. The molecule has 0 bridgehead atoms. The normalized spacial score (nSPS) is 9.69. The van der Waals surface area contributed by atoms with Gasteiger partial charge in [0.15, 0.2) is 0 Å². The number of hydrogen-bond acceptors (Lipinski definition) is 4. The highest BCUT2D eigenvalue weighted by molar-refractivity contribution is 9.10. The van der Waals surface area contributed by atoms with Gasteiger partial charge in [0.1, 0.15) is 5.75 Å². The highest BCUT2D eigenvalue weighted by Gasteiger charge is 2.10. The van der Waals surface area contributed by atoms with Gasteiger partial charge in [-0.25, -0.2) is 4.79 Å². The summed E-state index contributed by atoms with van der Waals surface area (Å²) in [6.45, 7) is 3.37. The van der Waals surface area contributed by atoms with E-state index in [1.165, 1.54) is 13.0 Å². The van der Waals surface area contributed by atoms with Crippen LogP contribution in [0, 0.1) is 0 Å². The van der Waals surface area contributed by atoms with Crippen LogP contribution in [0.1, 0.15) is 24.2 Å². The minimum Gasteiger partial charge on any atom is -0.462 e. The molecule has 0 N–H and O–H groups in total. The van der Waals surface area contributed by atoms with Crippen LogP contribution in [0.25, 0.3) is 0 Å². The van der Waals surface area contributed by atoms with Crippen molar-refractivity contribution in [3.63, 3.8) is 0 Å². The molecule has 1 aromatic carbocycles. The van der Waals surface area contributed by atoms with Gasteiger partial charge in [-0.15, -0.1) is 0 Å². The number of carbonyl (C=O) groups excluding carboxylic acids is 2. The molecular formula is C11H11BrO4.